The third-order valence-electron chi connectivity index (χ3n) is 12.7. The van der Waals surface area contributed by atoms with E-state index in [1.807, 2.05) is 37.3 Å². The van der Waals surface area contributed by atoms with Gasteiger partial charge >= 0.3 is 34.1 Å². The Kier molecular flexibility index (Phi) is 63.8. The summed E-state index contributed by atoms with van der Waals surface area (Å²) < 4.78 is 6.64. The van der Waals surface area contributed by atoms with Gasteiger partial charge in [-0.05, 0) is 127 Å². The number of ether oxygens (including phenoxy) is 1. The van der Waals surface area contributed by atoms with Crippen LogP contribution < -0.4 is 10.2 Å². The summed E-state index contributed by atoms with van der Waals surface area (Å²) in [6.45, 7) is 14.1. The van der Waals surface area contributed by atoms with Crippen LogP contribution in [0.15, 0.2) is 54.6 Å². The standard InChI is InChI=1S/C16H23N.C12H20O.C10H15N.C9H12O.2C6H9IO.4CH3.2Fe/c1-4-7-13-17(14-8-5-2)16-11-9-15(6-3)10-12-16;1-3-4-5-6-8-11-9-7-10-12(11)13-2;1-2-3-9-11-10-7-5-4-6-8-10;1-2-4-8-5-3-6-9(8)7-10;2*7-6-3-1-2-5(6)4-8;;;;;;/h3,9-12H,4-5,7-8,13-14H2,1-2H3;11-12H,3-5,7,9-10H2,1-2H3;4-8,11H,2-3,9H2,1H3;7-9H,3,5-6H2,1H3;2*4-6H,1-3H2;4*1H3;;/q;;;;;;4*-1;2*+2. The fraction of sp³-hybridized carbons (Fsp3) is 0.603. The van der Waals surface area contributed by atoms with Crippen molar-refractivity contribution >= 4 is 75.4 Å². The largest absolute Gasteiger partial charge is 2.00 e. The number of hydrogen-bond acceptors (Lipinski definition) is 6. The van der Waals surface area contributed by atoms with Crippen molar-refractivity contribution in [3.63, 3.8) is 0 Å². The van der Waals surface area contributed by atoms with Gasteiger partial charge in [0.05, 0.1) is 6.10 Å². The number of nitrogens with zero attached hydrogens (tertiary/aromatic N) is 1. The first-order valence-electron chi connectivity index (χ1n) is 25.9. The zero-order valence-corrected chi connectivity index (χ0v) is 53.7. The number of halogens is 2. The molecule has 0 bridgehead atoms. The molecule has 0 saturated heterocycles. The molecule has 8 unspecified atom stereocenters. The van der Waals surface area contributed by atoms with Crippen LogP contribution >= 0.6 is 45.2 Å². The first-order valence-corrected chi connectivity index (χ1v) is 28.4. The van der Waals surface area contributed by atoms with Gasteiger partial charge in [-0.1, -0.05) is 154 Å². The van der Waals surface area contributed by atoms with Crippen LogP contribution in [0, 0.1) is 95.3 Å². The van der Waals surface area contributed by atoms with Gasteiger partial charge in [0, 0.05) is 87.5 Å². The Morgan fingerprint density at radius 3 is 1.53 bits per heavy atom. The van der Waals surface area contributed by atoms with E-state index in [0.29, 0.717) is 37.6 Å². The van der Waals surface area contributed by atoms with E-state index in [-0.39, 0.29) is 69.8 Å². The van der Waals surface area contributed by atoms with E-state index in [4.69, 9.17) is 11.2 Å². The topological polar surface area (TPSA) is 75.7 Å². The number of anilines is 2. The summed E-state index contributed by atoms with van der Waals surface area (Å²) >= 11 is 4.73. The molecule has 0 spiro atoms. The maximum absolute atomic E-state index is 10.4. The molecule has 4 aliphatic carbocycles. The second-order valence-electron chi connectivity index (χ2n) is 18.0. The van der Waals surface area contributed by atoms with E-state index in [2.05, 4.69) is 137 Å². The molecule has 0 aromatic heterocycles. The zero-order chi connectivity index (χ0) is 49.3. The summed E-state index contributed by atoms with van der Waals surface area (Å²) in [6.07, 6.45) is 34.3. The van der Waals surface area contributed by atoms with Crippen molar-refractivity contribution in [1.29, 1.82) is 0 Å². The van der Waals surface area contributed by atoms with E-state index >= 15 is 0 Å². The molecule has 6 nitrogen and oxygen atoms in total. The first kappa shape index (κ1) is 82.5. The zero-order valence-electron chi connectivity index (χ0n) is 47.1. The van der Waals surface area contributed by atoms with E-state index in [0.717, 1.165) is 76.2 Å². The molecule has 73 heavy (non-hydrogen) atoms. The number of carbonyl (C=O) groups excluding carboxylic acids is 3. The number of unbranched alkanes of at least 4 members (excludes halogenated alkanes) is 5. The van der Waals surface area contributed by atoms with Gasteiger partial charge in [-0.2, -0.15) is 0 Å². The third-order valence-corrected chi connectivity index (χ3v) is 15.8. The van der Waals surface area contributed by atoms with Crippen LogP contribution in [-0.2, 0) is 53.3 Å². The van der Waals surface area contributed by atoms with E-state index in [1.54, 1.807) is 7.11 Å². The van der Waals surface area contributed by atoms with Crippen LogP contribution in [0.4, 0.5) is 11.4 Å². The molecule has 4 aliphatic rings. The van der Waals surface area contributed by atoms with Gasteiger partial charge in [0.2, 0.25) is 0 Å². The third kappa shape index (κ3) is 38.4. The number of carbonyl (C=O) groups is 3. The molecule has 10 heteroatoms. The second kappa shape index (κ2) is 56.4. The number of nitrogens with one attached hydrogen (secondary N) is 1. The molecule has 0 aliphatic heterocycles. The SMILES string of the molecule is C#Cc1ccc(N(CCCC)CCCC)cc1.CC#CC1CCCC1C=O.CCCCC#CC1CCCC1OC.CCCCNc1ccccc1.O=CC1CCCC1I.O=CC1CCCC1I.[CH3-].[CH3-].[CH3-].[CH3-].[Fe+2].[Fe+2]. The summed E-state index contributed by atoms with van der Waals surface area (Å²) in [7, 11) is 1.80. The molecular weight excluding hydrogens is 1210 g/mol. The van der Waals surface area contributed by atoms with Gasteiger partial charge in [-0.15, -0.1) is 18.3 Å². The predicted octanol–water partition coefficient (Wildman–Crippen LogP) is 17.0. The number of methoxy groups -OCH3 is 1. The normalized spacial score (nSPS) is 21.0. The molecule has 4 fully saturated rings. The average Bonchev–Trinajstić information content (AvgIpc) is 4.21. The average molecular weight is 1320 g/mol. The number of alkyl halides is 2. The summed E-state index contributed by atoms with van der Waals surface area (Å²) in [5.74, 6) is 17.0. The summed E-state index contributed by atoms with van der Waals surface area (Å²) in [5, 5.41) is 3.35. The molecule has 6 rings (SSSR count). The van der Waals surface area contributed by atoms with E-state index in [1.165, 1.54) is 114 Å². The van der Waals surface area contributed by atoms with Crippen molar-refractivity contribution in [3.8, 4) is 36.0 Å². The van der Waals surface area contributed by atoms with Crippen molar-refractivity contribution in [2.45, 2.75) is 183 Å². The maximum Gasteiger partial charge on any atom is 2.00 e. The monoisotopic (exact) mass is 1310 g/mol. The van der Waals surface area contributed by atoms with Crippen LogP contribution in [0.5, 0.6) is 0 Å². The Hall–Kier alpha value is -1.81. The molecule has 0 amide bonds. The first-order chi connectivity index (χ1) is 32.7. The Balaban J connectivity index is -0.000000185. The molecule has 0 radical (unpaired) electrons. The van der Waals surface area contributed by atoms with Crippen LogP contribution in [0.2, 0.25) is 0 Å². The number of hydrogen-bond donors (Lipinski definition) is 1. The van der Waals surface area contributed by atoms with Crippen molar-refractivity contribution in [2.75, 3.05) is 37.0 Å². The van der Waals surface area contributed by atoms with Gasteiger partial charge in [-0.25, -0.2) is 0 Å². The molecule has 2 aromatic carbocycles. The van der Waals surface area contributed by atoms with Gasteiger partial charge in [0.25, 0.3) is 0 Å². The molecule has 416 valence electrons. The fourth-order valence-electron chi connectivity index (χ4n) is 8.35. The second-order valence-corrected chi connectivity index (χ2v) is 21.2. The van der Waals surface area contributed by atoms with Crippen LogP contribution in [0.1, 0.15) is 175 Å². The Bertz CT molecular complexity index is 1690. The molecule has 1 N–H and O–H groups in total. The van der Waals surface area contributed by atoms with Crippen molar-refractivity contribution in [2.24, 2.45) is 29.6 Å². The van der Waals surface area contributed by atoms with E-state index in [9.17, 15) is 14.4 Å². The minimum Gasteiger partial charge on any atom is -0.385 e. The van der Waals surface area contributed by atoms with Crippen molar-refractivity contribution < 1.29 is 53.3 Å². The molecule has 8 atom stereocenters. The van der Waals surface area contributed by atoms with E-state index < -0.39 is 0 Å². The van der Waals surface area contributed by atoms with Gasteiger partial charge in [0.1, 0.15) is 18.9 Å². The van der Waals surface area contributed by atoms with Gasteiger partial charge in [-0.3, -0.25) is 0 Å². The number of para-hydroxylation sites is 1. The summed E-state index contributed by atoms with van der Waals surface area (Å²) in [4.78, 5) is 33.3. The van der Waals surface area contributed by atoms with Crippen LogP contribution in [0.3, 0.4) is 0 Å². The molecule has 2 aromatic rings. The minimum absolute atomic E-state index is 0. The Labute approximate surface area is 500 Å². The van der Waals surface area contributed by atoms with Gasteiger partial charge < -0.3 is 59.0 Å². The fourth-order valence-corrected chi connectivity index (χ4v) is 10.3. The maximum atomic E-state index is 10.4. The van der Waals surface area contributed by atoms with Crippen LogP contribution in [0.25, 0.3) is 0 Å². The summed E-state index contributed by atoms with van der Waals surface area (Å²) in [6, 6.07) is 18.7. The molecule has 0 heterocycles. The number of aldehydes is 3. The smallest absolute Gasteiger partial charge is 0.385 e. The van der Waals surface area contributed by atoms with Crippen molar-refractivity contribution in [1.82, 2.24) is 0 Å². The Morgan fingerprint density at radius 1 is 0.630 bits per heavy atom. The minimum atomic E-state index is 0. The van der Waals surface area contributed by atoms with Crippen LogP contribution in [-0.4, -0.2) is 59.6 Å². The van der Waals surface area contributed by atoms with Crippen molar-refractivity contribution in [3.05, 3.63) is 89.9 Å². The number of terminal acetylenes is 1. The predicted molar refractivity (Wildman–Crippen MR) is 330 cm³/mol. The number of benzene rings is 2. The molecule has 4 saturated carbocycles. The summed E-state index contributed by atoms with van der Waals surface area (Å²) in [5.41, 5.74) is 3.48. The quantitative estimate of drug-likeness (QED) is 0.0324. The van der Waals surface area contributed by atoms with Gasteiger partial charge in [0.15, 0.2) is 0 Å². The number of rotatable bonds is 17. The Morgan fingerprint density at radius 2 is 1.11 bits per heavy atom. The molecular formula is C63H100Fe2I2N2O4.